The summed E-state index contributed by atoms with van der Waals surface area (Å²) in [7, 11) is 11.6. The van der Waals surface area contributed by atoms with Gasteiger partial charge in [-0.15, -0.1) is 0 Å². The maximum absolute atomic E-state index is 16.4. The minimum absolute atomic E-state index is 0.0333. The molecule has 0 aliphatic carbocycles. The highest BCUT2D eigenvalue weighted by atomic mass is 19.1. The quantitative estimate of drug-likeness (QED) is 0.203. The fraction of sp³-hybridized carbons (Fsp3) is 0.343. The van der Waals surface area contributed by atoms with Crippen molar-refractivity contribution in [1.82, 2.24) is 24.4 Å². The Bertz CT molecular complexity index is 1880. The summed E-state index contributed by atoms with van der Waals surface area (Å²) in [4.78, 5) is 44.8. The van der Waals surface area contributed by atoms with Crippen molar-refractivity contribution in [1.29, 1.82) is 0 Å². The first-order valence-corrected chi connectivity index (χ1v) is 15.5. The van der Waals surface area contributed by atoms with Crippen LogP contribution in [-0.4, -0.2) is 71.2 Å². The van der Waals surface area contributed by atoms with Crippen molar-refractivity contribution in [3.8, 4) is 16.9 Å². The van der Waals surface area contributed by atoms with E-state index in [9.17, 15) is 9.59 Å². The summed E-state index contributed by atoms with van der Waals surface area (Å²) >= 11 is 0. The fourth-order valence-electron chi connectivity index (χ4n) is 6.38. The number of rotatable bonds is 7. The van der Waals surface area contributed by atoms with E-state index >= 15 is 4.39 Å². The second kappa shape index (κ2) is 13.1. The predicted octanol–water partition coefficient (Wildman–Crippen LogP) is 5.48. The lowest BCUT2D eigenvalue weighted by Gasteiger charge is -2.45. The molecule has 0 bridgehead atoms. The largest absolute Gasteiger partial charge is 0.355 e. The number of anilines is 1. The number of fused-ring (bicyclic) bond motifs is 1. The van der Waals surface area contributed by atoms with Crippen LogP contribution < -0.4 is 10.6 Å². The number of carbonyl (C=O) groups is 1. The van der Waals surface area contributed by atoms with Gasteiger partial charge in [0.25, 0.3) is 0 Å². The first-order valence-electron chi connectivity index (χ1n) is 15.5. The highest BCUT2D eigenvalue weighted by molar-refractivity contribution is 6.50. The van der Waals surface area contributed by atoms with Crippen LogP contribution in [0.5, 0.6) is 0 Å². The van der Waals surface area contributed by atoms with E-state index in [1.165, 1.54) is 16.7 Å². The number of hydrogen-bond donors (Lipinski definition) is 0. The molecule has 0 spiro atoms. The molecular weight excluding hydrogens is 577 g/mol. The van der Waals surface area contributed by atoms with E-state index in [0.29, 0.717) is 46.8 Å². The van der Waals surface area contributed by atoms with Crippen molar-refractivity contribution in [2.45, 2.75) is 65.5 Å². The van der Waals surface area contributed by atoms with E-state index in [1.54, 1.807) is 41.4 Å². The number of benzene rings is 1. The molecule has 11 heteroatoms. The molecule has 8 nitrogen and oxygen atoms in total. The third-order valence-corrected chi connectivity index (χ3v) is 8.37. The average Bonchev–Trinajstić information content (AvgIpc) is 3.00. The number of halogens is 1. The van der Waals surface area contributed by atoms with Crippen molar-refractivity contribution >= 4 is 44.5 Å². The molecule has 0 unspecified atom stereocenters. The van der Waals surface area contributed by atoms with Gasteiger partial charge in [0, 0.05) is 36.9 Å². The second-order valence-electron chi connectivity index (χ2n) is 12.5. The number of hydrogen-bond acceptors (Lipinski definition) is 6. The summed E-state index contributed by atoms with van der Waals surface area (Å²) in [5.41, 5.74) is 2.94. The summed E-state index contributed by atoms with van der Waals surface area (Å²) < 4.78 is 17.8. The van der Waals surface area contributed by atoms with E-state index in [2.05, 4.69) is 16.5 Å². The van der Waals surface area contributed by atoms with E-state index in [4.69, 9.17) is 20.7 Å². The molecule has 1 aliphatic rings. The summed E-state index contributed by atoms with van der Waals surface area (Å²) in [6, 6.07) is 9.89. The molecule has 3 aromatic heterocycles. The molecule has 1 aliphatic heterocycles. The number of pyridine rings is 2. The molecule has 1 fully saturated rings. The van der Waals surface area contributed by atoms with Crippen molar-refractivity contribution in [3.05, 3.63) is 93.7 Å². The van der Waals surface area contributed by atoms with Gasteiger partial charge in [0.2, 0.25) is 5.91 Å². The molecule has 0 saturated carbocycles. The van der Waals surface area contributed by atoms with Gasteiger partial charge in [-0.3, -0.25) is 9.78 Å². The molecular formula is C35H37B2FN6O2. The van der Waals surface area contributed by atoms with Gasteiger partial charge in [0.1, 0.15) is 17.3 Å². The summed E-state index contributed by atoms with van der Waals surface area (Å²) in [5, 5.41) is 0.426. The zero-order chi connectivity index (χ0) is 33.4. The van der Waals surface area contributed by atoms with Crippen LogP contribution in [0.3, 0.4) is 0 Å². The first kappa shape index (κ1) is 32.9. The lowest BCUT2D eigenvalue weighted by atomic mass is 9.77. The van der Waals surface area contributed by atoms with Crippen molar-refractivity contribution in [2.24, 2.45) is 0 Å². The van der Waals surface area contributed by atoms with Crippen LogP contribution in [0.1, 0.15) is 70.2 Å². The Morgan fingerprint density at radius 1 is 1.04 bits per heavy atom. The highest BCUT2D eigenvalue weighted by Crippen LogP contribution is 2.36. The number of carbonyl (C=O) groups excluding carboxylic acids is 1. The molecule has 2 atom stereocenters. The molecule has 46 heavy (non-hydrogen) atoms. The van der Waals surface area contributed by atoms with Crippen molar-refractivity contribution in [3.63, 3.8) is 0 Å². The Balaban J connectivity index is 1.89. The van der Waals surface area contributed by atoms with Gasteiger partial charge in [-0.2, -0.15) is 10.4 Å². The van der Waals surface area contributed by atoms with E-state index in [0.717, 1.165) is 5.56 Å². The maximum Gasteiger partial charge on any atom is 0.355 e. The monoisotopic (exact) mass is 614 g/mol. The molecule has 4 aromatic rings. The molecule has 0 N–H and O–H groups in total. The van der Waals surface area contributed by atoms with Gasteiger partial charge in [-0.05, 0) is 55.0 Å². The minimum Gasteiger partial charge on any atom is -0.347 e. The Kier molecular flexibility index (Phi) is 9.33. The summed E-state index contributed by atoms with van der Waals surface area (Å²) in [6.07, 6.45) is 4.59. The zero-order valence-electron chi connectivity index (χ0n) is 27.2. The molecule has 1 amide bonds. The van der Waals surface area contributed by atoms with Crippen LogP contribution in [0.15, 0.2) is 65.4 Å². The molecule has 5 rings (SSSR count). The van der Waals surface area contributed by atoms with Gasteiger partial charge in [-0.1, -0.05) is 64.6 Å². The van der Waals surface area contributed by atoms with Crippen molar-refractivity contribution < 1.29 is 9.18 Å². The predicted molar refractivity (Wildman–Crippen MR) is 184 cm³/mol. The van der Waals surface area contributed by atoms with E-state index in [1.807, 2.05) is 52.5 Å². The molecule has 4 heterocycles. The smallest absolute Gasteiger partial charge is 0.347 e. The van der Waals surface area contributed by atoms with Crippen LogP contribution in [-0.2, 0) is 4.79 Å². The van der Waals surface area contributed by atoms with Gasteiger partial charge >= 0.3 is 5.69 Å². The number of aromatic nitrogens is 4. The van der Waals surface area contributed by atoms with Crippen LogP contribution >= 0.6 is 0 Å². The Labute approximate surface area is 271 Å². The second-order valence-corrected chi connectivity index (χ2v) is 12.5. The molecule has 1 aromatic carbocycles. The third kappa shape index (κ3) is 6.02. The van der Waals surface area contributed by atoms with Gasteiger partial charge in [0.05, 0.1) is 32.5 Å². The Morgan fingerprint density at radius 2 is 1.72 bits per heavy atom. The number of amides is 1. The van der Waals surface area contributed by atoms with Crippen LogP contribution in [0.25, 0.3) is 34.1 Å². The Hall–Kier alpha value is -4.53. The van der Waals surface area contributed by atoms with Crippen LogP contribution in [0.2, 0.25) is 0 Å². The zero-order valence-corrected chi connectivity index (χ0v) is 27.2. The fourth-order valence-corrected chi connectivity index (χ4v) is 6.38. The summed E-state index contributed by atoms with van der Waals surface area (Å²) in [6.45, 7) is 16.4. The molecule has 4 radical (unpaired) electrons. The normalized spacial score (nSPS) is 16.7. The van der Waals surface area contributed by atoms with Crippen LogP contribution in [0, 0.1) is 5.82 Å². The molecule has 232 valence electrons. The topological polar surface area (TPSA) is 84.2 Å². The van der Waals surface area contributed by atoms with Gasteiger partial charge < -0.3 is 9.80 Å². The number of piperazine rings is 1. The van der Waals surface area contributed by atoms with Crippen LogP contribution in [0.4, 0.5) is 10.2 Å². The maximum atomic E-state index is 16.4. The summed E-state index contributed by atoms with van der Waals surface area (Å²) in [5.74, 6) is -0.471. The van der Waals surface area contributed by atoms with Gasteiger partial charge in [-0.25, -0.2) is 18.7 Å². The van der Waals surface area contributed by atoms with Crippen molar-refractivity contribution in [2.75, 3.05) is 18.0 Å². The van der Waals surface area contributed by atoms with E-state index in [-0.39, 0.29) is 46.5 Å². The lowest BCUT2D eigenvalue weighted by molar-refractivity contribution is -0.127. The number of nitrogens with zero attached hydrogens (tertiary/aromatic N) is 6. The first-order chi connectivity index (χ1) is 21.8. The Morgan fingerprint density at radius 3 is 2.33 bits per heavy atom. The third-order valence-electron chi connectivity index (χ3n) is 8.37. The highest BCUT2D eigenvalue weighted by Gasteiger charge is 2.35. The standard InChI is InChI=1S/C35H37B2FN6O2/c1-8-29(45)42-17-21(6)43(22(7)18-42)34-26-16-27(38)31(25-12-10-9-11-23(25)15-28(36)37)40-33(26)44(35(46)41-34)32-24(19(2)3)13-14-39-30(32)20(4)5/h8-16,19-22H,1,17-18H2,2-7H3/t21-,22-/m0/s1. The SMILES string of the molecule is [B]C([B])=Cc1ccccc1-c1nc2c(cc1F)c(N1[C@@H](C)CN(C(=O)C=C)C[C@@H]1C)nc(=O)n2-c1c(C(C)C)ccnc1C(C)C. The van der Waals surface area contributed by atoms with Gasteiger partial charge in [0.15, 0.2) is 5.65 Å². The molecule has 1 saturated heterocycles. The average molecular weight is 614 g/mol. The lowest BCUT2D eigenvalue weighted by Crippen LogP contribution is -2.58. The minimum atomic E-state index is -0.600. The van der Waals surface area contributed by atoms with E-state index < -0.39 is 11.5 Å².